The summed E-state index contributed by atoms with van der Waals surface area (Å²) >= 11 is 0. The van der Waals surface area contributed by atoms with Gasteiger partial charge < -0.3 is 33.3 Å². The monoisotopic (exact) mass is 1320 g/mol. The van der Waals surface area contributed by atoms with Gasteiger partial charge in [-0.15, -0.1) is 0 Å². The maximum absolute atomic E-state index is 13.0. The van der Waals surface area contributed by atoms with E-state index in [0.717, 1.165) is 135 Å². The van der Waals surface area contributed by atoms with Gasteiger partial charge in [-0.25, -0.2) is 0 Å². The maximum Gasteiger partial charge on any atom is 0.306 e. The van der Waals surface area contributed by atoms with Gasteiger partial charge in [-0.3, -0.25) is 9.59 Å². The Morgan fingerprint density at radius 3 is 0.842 bits per heavy atom. The van der Waals surface area contributed by atoms with Crippen molar-refractivity contribution in [3.05, 3.63) is 170 Å². The van der Waals surface area contributed by atoms with E-state index in [1.165, 1.54) is 128 Å². The van der Waals surface area contributed by atoms with Gasteiger partial charge in [0.05, 0.1) is 40.3 Å². The zero-order valence-corrected chi connectivity index (χ0v) is 61.5. The third kappa shape index (κ3) is 75.9. The predicted molar refractivity (Wildman–Crippen MR) is 407 cm³/mol. The molecule has 0 bridgehead atoms. The van der Waals surface area contributed by atoms with Crippen molar-refractivity contribution in [3.63, 3.8) is 0 Å². The number of carbonyl (C=O) groups excluding carboxylic acids is 3. The quantitative estimate of drug-likeness (QED) is 0.0195. The highest BCUT2D eigenvalue weighted by Gasteiger charge is 2.22. The summed E-state index contributed by atoms with van der Waals surface area (Å²) in [6.07, 6.45) is 109. The number of nitrogens with zero attached hydrogens (tertiary/aromatic N) is 1. The van der Waals surface area contributed by atoms with E-state index in [1.807, 2.05) is 21.1 Å². The summed E-state index contributed by atoms with van der Waals surface area (Å²) in [5.41, 5.74) is 0. The molecule has 0 N–H and O–H groups in total. The first-order chi connectivity index (χ1) is 46.6. The van der Waals surface area contributed by atoms with E-state index < -0.39 is 24.3 Å². The number of hydrogen-bond acceptors (Lipinski definition) is 8. The van der Waals surface area contributed by atoms with Crippen molar-refractivity contribution in [1.82, 2.24) is 0 Å². The molecule has 95 heavy (non-hydrogen) atoms. The number of carboxylic acid groups (broad SMARTS) is 1. The number of allylic oxidation sites excluding steroid dienone is 28. The SMILES string of the molecule is CC/C=C\C/C=C\C/C=C\C/C=C\C/C=C\C/C=C\C/C=C\C/C=C\CCCCCCCCCCC(=O)OC(COC(=O)CCCCCCCCCCCCCCCCCCCC/C=C\C/C=C\C/C=C\C/C=C\C/C=C\C/C=C\CC)COC(OCC[N+](C)(C)C)C(=O)[O-]. The second-order valence-corrected chi connectivity index (χ2v) is 26.2. The fraction of sp³-hybridized carbons (Fsp3) is 0.640. The Kier molecular flexibility index (Phi) is 70.2. The van der Waals surface area contributed by atoms with Crippen molar-refractivity contribution < 1.29 is 42.9 Å². The Morgan fingerprint density at radius 2 is 0.568 bits per heavy atom. The van der Waals surface area contributed by atoms with Crippen molar-refractivity contribution in [2.24, 2.45) is 0 Å². The molecule has 0 saturated carbocycles. The first kappa shape index (κ1) is 89.6. The minimum absolute atomic E-state index is 0.139. The van der Waals surface area contributed by atoms with Crippen molar-refractivity contribution in [1.29, 1.82) is 0 Å². The lowest BCUT2D eigenvalue weighted by Gasteiger charge is -2.26. The molecule has 0 rings (SSSR count). The smallest absolute Gasteiger partial charge is 0.306 e. The molecule has 0 aliphatic rings. The van der Waals surface area contributed by atoms with Gasteiger partial charge in [-0.05, 0) is 128 Å². The van der Waals surface area contributed by atoms with Gasteiger partial charge in [0.1, 0.15) is 13.2 Å². The van der Waals surface area contributed by atoms with Crippen molar-refractivity contribution in [2.75, 3.05) is 47.5 Å². The van der Waals surface area contributed by atoms with Crippen molar-refractivity contribution in [3.8, 4) is 0 Å². The Bertz CT molecular complexity index is 2170. The van der Waals surface area contributed by atoms with Gasteiger partial charge in [-0.2, -0.15) is 0 Å². The first-order valence-electron chi connectivity index (χ1n) is 38.3. The molecular weight excluding hydrogens is 1170 g/mol. The van der Waals surface area contributed by atoms with Gasteiger partial charge >= 0.3 is 11.9 Å². The average Bonchev–Trinajstić information content (AvgIpc) is 3.75. The summed E-state index contributed by atoms with van der Waals surface area (Å²) in [5, 5.41) is 11.9. The minimum atomic E-state index is -1.63. The number of ether oxygens (including phenoxy) is 4. The summed E-state index contributed by atoms with van der Waals surface area (Å²) in [6.45, 7) is 4.51. The lowest BCUT2D eigenvalue weighted by atomic mass is 10.0. The fourth-order valence-electron chi connectivity index (χ4n) is 10.2. The number of carbonyl (C=O) groups is 3. The molecule has 0 aliphatic heterocycles. The number of carboxylic acids is 1. The van der Waals surface area contributed by atoms with Gasteiger partial charge in [0.2, 0.25) is 0 Å². The zero-order valence-electron chi connectivity index (χ0n) is 61.5. The predicted octanol–water partition coefficient (Wildman–Crippen LogP) is 23.2. The van der Waals surface area contributed by atoms with Crippen LogP contribution in [0.15, 0.2) is 170 Å². The highest BCUT2D eigenvalue weighted by Crippen LogP contribution is 2.17. The Morgan fingerprint density at radius 1 is 0.316 bits per heavy atom. The summed E-state index contributed by atoms with van der Waals surface area (Å²) < 4.78 is 22.8. The molecule has 0 aromatic rings. The largest absolute Gasteiger partial charge is 0.545 e. The van der Waals surface area contributed by atoms with E-state index >= 15 is 0 Å². The molecule has 0 fully saturated rings. The maximum atomic E-state index is 13.0. The minimum Gasteiger partial charge on any atom is -0.545 e. The second kappa shape index (κ2) is 74.4. The van der Waals surface area contributed by atoms with Crippen LogP contribution in [0.25, 0.3) is 0 Å². The Labute approximate surface area is 584 Å². The Hall–Kier alpha value is -5.35. The molecule has 0 radical (unpaired) electrons. The van der Waals surface area contributed by atoms with Crippen LogP contribution >= 0.6 is 0 Å². The fourth-order valence-corrected chi connectivity index (χ4v) is 10.2. The van der Waals surface area contributed by atoms with E-state index in [4.69, 9.17) is 18.9 Å². The van der Waals surface area contributed by atoms with Gasteiger partial charge in [0.15, 0.2) is 12.4 Å². The van der Waals surface area contributed by atoms with Gasteiger partial charge in [0, 0.05) is 12.8 Å². The Balaban J connectivity index is 4.11. The lowest BCUT2D eigenvalue weighted by Crippen LogP contribution is -2.44. The van der Waals surface area contributed by atoms with Crippen LogP contribution in [0.2, 0.25) is 0 Å². The molecule has 9 heteroatoms. The normalized spacial score (nSPS) is 13.7. The molecular formula is C86H141NO8. The van der Waals surface area contributed by atoms with Crippen LogP contribution in [0.4, 0.5) is 0 Å². The van der Waals surface area contributed by atoms with Crippen LogP contribution < -0.4 is 5.11 Å². The van der Waals surface area contributed by atoms with Crippen molar-refractivity contribution in [2.45, 2.75) is 309 Å². The molecule has 2 atom stereocenters. The van der Waals surface area contributed by atoms with E-state index in [1.54, 1.807) is 0 Å². The van der Waals surface area contributed by atoms with Crippen molar-refractivity contribution >= 4 is 17.9 Å². The molecule has 0 heterocycles. The molecule has 2 unspecified atom stereocenters. The van der Waals surface area contributed by atoms with E-state index in [-0.39, 0.29) is 38.6 Å². The molecule has 0 aliphatic carbocycles. The molecule has 0 aromatic carbocycles. The number of aliphatic carboxylic acids is 1. The number of unbranched alkanes of at least 4 members (excludes halogenated alkanes) is 26. The van der Waals surface area contributed by atoms with Gasteiger partial charge in [0.25, 0.3) is 0 Å². The van der Waals surface area contributed by atoms with Crippen LogP contribution in [-0.2, 0) is 33.3 Å². The third-order valence-corrected chi connectivity index (χ3v) is 16.0. The molecule has 9 nitrogen and oxygen atoms in total. The lowest BCUT2D eigenvalue weighted by molar-refractivity contribution is -0.870. The number of likely N-dealkylation sites (N-methyl/N-ethyl adjacent to an activating group) is 1. The molecule has 0 saturated heterocycles. The van der Waals surface area contributed by atoms with E-state index in [0.29, 0.717) is 17.4 Å². The highest BCUT2D eigenvalue weighted by atomic mass is 16.7. The number of hydrogen-bond donors (Lipinski definition) is 0. The third-order valence-electron chi connectivity index (χ3n) is 16.0. The summed E-state index contributed by atoms with van der Waals surface area (Å²) in [5.74, 6) is -2.30. The molecule has 0 spiro atoms. The van der Waals surface area contributed by atoms with Gasteiger partial charge in [-0.1, -0.05) is 325 Å². The summed E-state index contributed by atoms with van der Waals surface area (Å²) in [6, 6.07) is 0. The number of esters is 2. The highest BCUT2D eigenvalue weighted by molar-refractivity contribution is 5.70. The molecule has 0 amide bonds. The van der Waals surface area contributed by atoms with Crippen LogP contribution in [-0.4, -0.2) is 82.3 Å². The molecule has 0 aromatic heterocycles. The van der Waals surface area contributed by atoms with Crippen LogP contribution in [0.5, 0.6) is 0 Å². The standard InChI is InChI=1S/C86H141NO8/c1-6-8-10-12-14-16-18-20-22-24-26-28-30-32-34-36-38-40-41-42-43-45-46-48-50-52-54-56-58-60-62-64-66-68-70-72-74-76-83(88)93-80-82(81-94-86(85(90)91)92-79-78-87(3,4)5)95-84(89)77-75-73-71-69-67-65-63-61-59-57-55-53-51-49-47-44-39-37-35-33-31-29-27-25-23-21-19-17-15-13-11-9-7-2/h8-11,14-17,20-23,26-29,32-35,38-40,44,49,51,55,57,82,86H,6-7,12-13,18-19,24-25,30-31,36-37,41-43,45-48,50,52-54,56,58-81H2,1-5H3/b10-8-,11-9-,16-14-,17-15-,22-20-,23-21-,28-26-,29-27-,34-32-,35-33-,40-38-,44-39-,51-49-,57-55-. The first-order valence-corrected chi connectivity index (χ1v) is 38.3. The average molecular weight is 1320 g/mol. The molecule has 538 valence electrons. The van der Waals surface area contributed by atoms with Crippen LogP contribution in [0.1, 0.15) is 296 Å². The number of quaternary nitrogens is 1. The van der Waals surface area contributed by atoms with Crippen LogP contribution in [0.3, 0.4) is 0 Å². The van der Waals surface area contributed by atoms with E-state index in [9.17, 15) is 19.5 Å². The van der Waals surface area contributed by atoms with Crippen LogP contribution in [0, 0.1) is 0 Å². The topological polar surface area (TPSA) is 111 Å². The number of rotatable bonds is 69. The van der Waals surface area contributed by atoms with E-state index in [2.05, 4.69) is 184 Å². The summed E-state index contributed by atoms with van der Waals surface area (Å²) in [4.78, 5) is 37.6. The summed E-state index contributed by atoms with van der Waals surface area (Å²) in [7, 11) is 5.93. The second-order valence-electron chi connectivity index (χ2n) is 26.2. The zero-order chi connectivity index (χ0) is 69.0.